The highest BCUT2D eigenvalue weighted by molar-refractivity contribution is 5.93. The lowest BCUT2D eigenvalue weighted by atomic mass is 10.1. The minimum atomic E-state index is -0.319. The number of aromatic nitrogens is 2. The van der Waals surface area contributed by atoms with Gasteiger partial charge in [0, 0.05) is 25.1 Å². The van der Waals surface area contributed by atoms with Gasteiger partial charge in [0.1, 0.15) is 5.58 Å². The van der Waals surface area contributed by atoms with Gasteiger partial charge in [-0.15, -0.1) is 0 Å². The third kappa shape index (κ3) is 2.79. The van der Waals surface area contributed by atoms with E-state index in [1.807, 2.05) is 0 Å². The first-order valence-electron chi connectivity index (χ1n) is 8.89. The molecule has 8 heteroatoms. The molecule has 0 N–H and O–H groups in total. The molecule has 8 nitrogen and oxygen atoms in total. The van der Waals surface area contributed by atoms with Crippen molar-refractivity contribution in [1.82, 2.24) is 15.0 Å². The summed E-state index contributed by atoms with van der Waals surface area (Å²) in [6, 6.07) is 11.6. The van der Waals surface area contributed by atoms with Crippen molar-refractivity contribution in [3.05, 3.63) is 70.5 Å². The molecule has 5 rings (SSSR count). The highest BCUT2D eigenvalue weighted by Gasteiger charge is 2.32. The van der Waals surface area contributed by atoms with Gasteiger partial charge >= 0.3 is 0 Å². The minimum Gasteiger partial charge on any atom is -0.459 e. The molecule has 1 atom stereocenters. The molecule has 140 valence electrons. The lowest BCUT2D eigenvalue weighted by Crippen LogP contribution is -2.29. The fraction of sp³-hybridized carbons (Fsp3) is 0.200. The number of fused-ring (bicyclic) bond motifs is 1. The lowest BCUT2D eigenvalue weighted by Gasteiger charge is -2.15. The molecule has 0 spiro atoms. The molecule has 4 heterocycles. The van der Waals surface area contributed by atoms with Gasteiger partial charge in [-0.25, -0.2) is 0 Å². The number of furan rings is 1. The highest BCUT2D eigenvalue weighted by atomic mass is 16.5. The fourth-order valence-corrected chi connectivity index (χ4v) is 3.42. The van der Waals surface area contributed by atoms with Crippen molar-refractivity contribution in [1.29, 1.82) is 0 Å². The van der Waals surface area contributed by atoms with Gasteiger partial charge in [0.2, 0.25) is 0 Å². The summed E-state index contributed by atoms with van der Waals surface area (Å²) in [4.78, 5) is 31.1. The van der Waals surface area contributed by atoms with E-state index in [1.54, 1.807) is 41.3 Å². The number of nitrogens with zero attached hydrogens (tertiary/aromatic N) is 3. The normalized spacial score (nSPS) is 16.7. The second kappa shape index (κ2) is 6.49. The molecule has 28 heavy (non-hydrogen) atoms. The van der Waals surface area contributed by atoms with E-state index in [0.29, 0.717) is 48.0 Å². The third-order valence-corrected chi connectivity index (χ3v) is 4.86. The Morgan fingerprint density at radius 2 is 2.07 bits per heavy atom. The number of hydrogen-bond donors (Lipinski definition) is 0. The van der Waals surface area contributed by atoms with Crippen molar-refractivity contribution < 1.29 is 18.2 Å². The van der Waals surface area contributed by atoms with Crippen molar-refractivity contribution in [2.45, 2.75) is 12.3 Å². The van der Waals surface area contributed by atoms with Gasteiger partial charge in [0.15, 0.2) is 22.8 Å². The molecule has 0 aliphatic carbocycles. The van der Waals surface area contributed by atoms with E-state index >= 15 is 0 Å². The summed E-state index contributed by atoms with van der Waals surface area (Å²) in [7, 11) is 0. The van der Waals surface area contributed by atoms with E-state index < -0.39 is 0 Å². The number of likely N-dealkylation sites (tertiary alicyclic amines) is 1. The first kappa shape index (κ1) is 16.5. The molecule has 1 saturated heterocycles. The average molecular weight is 377 g/mol. The van der Waals surface area contributed by atoms with E-state index in [-0.39, 0.29) is 23.0 Å². The van der Waals surface area contributed by atoms with Crippen LogP contribution in [-0.2, 0) is 0 Å². The van der Waals surface area contributed by atoms with Gasteiger partial charge in [-0.1, -0.05) is 17.3 Å². The summed E-state index contributed by atoms with van der Waals surface area (Å²) >= 11 is 0. The minimum absolute atomic E-state index is 0.0359. The summed E-state index contributed by atoms with van der Waals surface area (Å²) in [5, 5.41) is 4.47. The number of para-hydroxylation sites is 1. The molecule has 0 bridgehead atoms. The van der Waals surface area contributed by atoms with E-state index in [1.165, 1.54) is 12.3 Å². The topological polar surface area (TPSA) is 103 Å². The van der Waals surface area contributed by atoms with Crippen LogP contribution in [0, 0.1) is 0 Å². The second-order valence-electron chi connectivity index (χ2n) is 6.64. The van der Waals surface area contributed by atoms with Gasteiger partial charge in [-0.05, 0) is 30.7 Å². The number of carbonyl (C=O) groups is 1. The fourth-order valence-electron chi connectivity index (χ4n) is 3.42. The summed E-state index contributed by atoms with van der Waals surface area (Å²) < 4.78 is 16.2. The Morgan fingerprint density at radius 3 is 2.93 bits per heavy atom. The molecule has 0 saturated carbocycles. The van der Waals surface area contributed by atoms with Crippen LogP contribution in [0.25, 0.3) is 22.6 Å². The van der Waals surface area contributed by atoms with Gasteiger partial charge in [-0.3, -0.25) is 9.59 Å². The Labute approximate surface area is 158 Å². The van der Waals surface area contributed by atoms with Crippen LogP contribution < -0.4 is 5.43 Å². The molecule has 1 aliphatic rings. The second-order valence-corrected chi connectivity index (χ2v) is 6.64. The summed E-state index contributed by atoms with van der Waals surface area (Å²) in [6.45, 7) is 0.942. The summed E-state index contributed by atoms with van der Waals surface area (Å²) in [5.41, 5.74) is 0.164. The number of benzene rings is 1. The smallest absolute Gasteiger partial charge is 0.293 e. The highest BCUT2D eigenvalue weighted by Crippen LogP contribution is 2.28. The number of rotatable bonds is 3. The number of carbonyl (C=O) groups excluding carboxylic acids is 1. The lowest BCUT2D eigenvalue weighted by molar-refractivity contribution is 0.0759. The van der Waals surface area contributed by atoms with Crippen molar-refractivity contribution in [3.63, 3.8) is 0 Å². The molecule has 0 radical (unpaired) electrons. The maximum absolute atomic E-state index is 12.8. The van der Waals surface area contributed by atoms with Crippen molar-refractivity contribution in [2.24, 2.45) is 0 Å². The van der Waals surface area contributed by atoms with E-state index in [4.69, 9.17) is 13.4 Å². The predicted molar refractivity (Wildman–Crippen MR) is 97.7 cm³/mol. The van der Waals surface area contributed by atoms with Crippen molar-refractivity contribution in [2.75, 3.05) is 13.1 Å². The van der Waals surface area contributed by atoms with Crippen LogP contribution in [0.2, 0.25) is 0 Å². The molecule has 1 fully saturated rings. The average Bonchev–Trinajstić information content (AvgIpc) is 3.48. The predicted octanol–water partition coefficient (Wildman–Crippen LogP) is 3.07. The third-order valence-electron chi connectivity index (χ3n) is 4.86. The molecule has 3 aromatic heterocycles. The Hall–Kier alpha value is -3.68. The molecular weight excluding hydrogens is 362 g/mol. The number of amides is 1. The van der Waals surface area contributed by atoms with E-state index in [0.717, 1.165) is 0 Å². The van der Waals surface area contributed by atoms with Crippen LogP contribution in [0.5, 0.6) is 0 Å². The van der Waals surface area contributed by atoms with E-state index in [9.17, 15) is 9.59 Å². The summed E-state index contributed by atoms with van der Waals surface area (Å²) in [6.07, 6.45) is 2.23. The Morgan fingerprint density at radius 1 is 1.18 bits per heavy atom. The van der Waals surface area contributed by atoms with Gasteiger partial charge in [0.25, 0.3) is 11.8 Å². The zero-order valence-electron chi connectivity index (χ0n) is 14.7. The van der Waals surface area contributed by atoms with Gasteiger partial charge < -0.3 is 18.3 Å². The Kier molecular flexibility index (Phi) is 3.82. The van der Waals surface area contributed by atoms with Gasteiger partial charge in [0.05, 0.1) is 11.6 Å². The first-order chi connectivity index (χ1) is 13.7. The molecular formula is C20H15N3O5. The van der Waals surface area contributed by atoms with Crippen molar-refractivity contribution >= 4 is 16.9 Å². The SMILES string of the molecule is O=C(c1cc(=O)c2ccccc2o1)N1CC[C@@H](c2noc(-c3ccco3)n2)C1. The van der Waals surface area contributed by atoms with E-state index in [2.05, 4.69) is 10.1 Å². The number of hydrogen-bond acceptors (Lipinski definition) is 7. The molecule has 4 aromatic rings. The first-order valence-corrected chi connectivity index (χ1v) is 8.89. The van der Waals surface area contributed by atoms with Crippen LogP contribution in [0.4, 0.5) is 0 Å². The maximum atomic E-state index is 12.8. The standard InChI is InChI=1S/C20H15N3O5/c24-14-10-17(27-15-5-2-1-4-13(14)15)20(25)23-8-7-12(11-23)18-21-19(28-22-18)16-6-3-9-26-16/h1-6,9-10,12H,7-8,11H2/t12-/m1/s1. The van der Waals surface area contributed by atoms with Crippen LogP contribution >= 0.6 is 0 Å². The molecule has 1 aromatic carbocycles. The quantitative estimate of drug-likeness (QED) is 0.540. The van der Waals surface area contributed by atoms with Crippen molar-refractivity contribution in [3.8, 4) is 11.7 Å². The van der Waals surface area contributed by atoms with Crippen LogP contribution in [0.15, 0.2) is 66.9 Å². The zero-order chi connectivity index (χ0) is 19.1. The van der Waals surface area contributed by atoms with Crippen LogP contribution in [-0.4, -0.2) is 34.0 Å². The monoisotopic (exact) mass is 377 g/mol. The Balaban J connectivity index is 1.36. The van der Waals surface area contributed by atoms with Crippen LogP contribution in [0.1, 0.15) is 28.7 Å². The van der Waals surface area contributed by atoms with Gasteiger partial charge in [-0.2, -0.15) is 4.98 Å². The Bertz CT molecular complexity index is 1210. The molecule has 0 unspecified atom stereocenters. The summed E-state index contributed by atoms with van der Waals surface area (Å²) in [5.74, 6) is 1.01. The molecule has 1 aliphatic heterocycles. The van der Waals surface area contributed by atoms with Crippen LogP contribution in [0.3, 0.4) is 0 Å². The zero-order valence-corrected chi connectivity index (χ0v) is 14.7. The molecule has 1 amide bonds. The largest absolute Gasteiger partial charge is 0.459 e. The maximum Gasteiger partial charge on any atom is 0.293 e.